The number of nitrogens with zero attached hydrogens (tertiary/aromatic N) is 1. The van der Waals surface area contributed by atoms with Gasteiger partial charge in [0.1, 0.15) is 0 Å². The Kier molecular flexibility index (Phi) is 8.28. The molecule has 0 spiro atoms. The SMILES string of the molecule is Cl.O=C(CCC1CCNC1)NCC1(N2CCOCC2)CCCCC1. The van der Waals surface area contributed by atoms with E-state index in [2.05, 4.69) is 15.5 Å². The summed E-state index contributed by atoms with van der Waals surface area (Å²) in [6.45, 7) is 6.74. The number of rotatable bonds is 6. The van der Waals surface area contributed by atoms with Crippen molar-refractivity contribution in [2.24, 2.45) is 5.92 Å². The number of carbonyl (C=O) groups is 1. The van der Waals surface area contributed by atoms with Gasteiger partial charge in [0.2, 0.25) is 5.91 Å². The van der Waals surface area contributed by atoms with Crippen molar-refractivity contribution in [3.05, 3.63) is 0 Å². The smallest absolute Gasteiger partial charge is 0.220 e. The van der Waals surface area contributed by atoms with Gasteiger partial charge in [0.15, 0.2) is 0 Å². The second-order valence-corrected chi connectivity index (χ2v) is 7.56. The first-order chi connectivity index (χ1) is 11.3. The number of ether oxygens (including phenoxy) is 1. The average molecular weight is 360 g/mol. The van der Waals surface area contributed by atoms with Crippen molar-refractivity contribution in [2.45, 2.75) is 56.9 Å². The zero-order valence-electron chi connectivity index (χ0n) is 14.9. The molecular formula is C18H34ClN3O2. The molecule has 0 aromatic heterocycles. The molecule has 3 fully saturated rings. The van der Waals surface area contributed by atoms with Gasteiger partial charge in [0, 0.05) is 31.6 Å². The van der Waals surface area contributed by atoms with Crippen LogP contribution >= 0.6 is 12.4 Å². The van der Waals surface area contributed by atoms with Crippen LogP contribution in [0.4, 0.5) is 0 Å². The van der Waals surface area contributed by atoms with Crippen LogP contribution in [-0.4, -0.2) is 62.3 Å². The molecule has 0 bridgehead atoms. The van der Waals surface area contributed by atoms with Crippen LogP contribution in [0.1, 0.15) is 51.4 Å². The Morgan fingerprint density at radius 2 is 1.96 bits per heavy atom. The monoisotopic (exact) mass is 359 g/mol. The maximum Gasteiger partial charge on any atom is 0.220 e. The number of halogens is 1. The first-order valence-electron chi connectivity index (χ1n) is 9.59. The quantitative estimate of drug-likeness (QED) is 0.761. The van der Waals surface area contributed by atoms with Gasteiger partial charge in [-0.2, -0.15) is 0 Å². The lowest BCUT2D eigenvalue weighted by atomic mass is 9.79. The molecule has 3 rings (SSSR count). The molecule has 2 N–H and O–H groups in total. The van der Waals surface area contributed by atoms with Crippen LogP contribution in [0.3, 0.4) is 0 Å². The van der Waals surface area contributed by atoms with E-state index in [4.69, 9.17) is 4.74 Å². The summed E-state index contributed by atoms with van der Waals surface area (Å²) in [4.78, 5) is 14.9. The van der Waals surface area contributed by atoms with Gasteiger partial charge in [0.25, 0.3) is 0 Å². The standard InChI is InChI=1S/C18H33N3O2.ClH/c22-17(5-4-16-6-9-19-14-16)20-15-18(7-2-1-3-8-18)21-10-12-23-13-11-21;/h16,19H,1-15H2,(H,20,22);1H. The Morgan fingerprint density at radius 3 is 2.62 bits per heavy atom. The summed E-state index contributed by atoms with van der Waals surface area (Å²) >= 11 is 0. The minimum atomic E-state index is 0. The van der Waals surface area contributed by atoms with Gasteiger partial charge in [-0.25, -0.2) is 0 Å². The molecule has 2 heterocycles. The third-order valence-corrected chi connectivity index (χ3v) is 6.02. The molecule has 0 aromatic rings. The fraction of sp³-hybridized carbons (Fsp3) is 0.944. The van der Waals surface area contributed by atoms with Crippen LogP contribution in [0.2, 0.25) is 0 Å². The third kappa shape index (κ3) is 5.32. The number of nitrogens with one attached hydrogen (secondary N) is 2. The van der Waals surface area contributed by atoms with Crippen LogP contribution in [0.15, 0.2) is 0 Å². The van der Waals surface area contributed by atoms with Crippen molar-refractivity contribution in [2.75, 3.05) is 45.9 Å². The topological polar surface area (TPSA) is 53.6 Å². The zero-order chi connectivity index (χ0) is 16.0. The molecule has 1 saturated carbocycles. The molecule has 2 saturated heterocycles. The van der Waals surface area contributed by atoms with Gasteiger partial charge in [0.05, 0.1) is 13.2 Å². The Bertz CT molecular complexity index is 376. The minimum Gasteiger partial charge on any atom is -0.379 e. The van der Waals surface area contributed by atoms with Crippen molar-refractivity contribution in [3.8, 4) is 0 Å². The van der Waals surface area contributed by atoms with E-state index >= 15 is 0 Å². The summed E-state index contributed by atoms with van der Waals surface area (Å²) in [5.41, 5.74) is 0.187. The lowest BCUT2D eigenvalue weighted by Gasteiger charge is -2.48. The lowest BCUT2D eigenvalue weighted by molar-refractivity contribution is -0.122. The molecule has 3 aliphatic rings. The molecule has 0 radical (unpaired) electrons. The molecule has 24 heavy (non-hydrogen) atoms. The third-order valence-electron chi connectivity index (χ3n) is 6.02. The summed E-state index contributed by atoms with van der Waals surface area (Å²) in [5, 5.41) is 6.65. The van der Waals surface area contributed by atoms with Crippen molar-refractivity contribution in [1.29, 1.82) is 0 Å². The Morgan fingerprint density at radius 1 is 1.21 bits per heavy atom. The molecule has 1 aliphatic carbocycles. The number of morpholine rings is 1. The van der Waals surface area contributed by atoms with Gasteiger partial charge < -0.3 is 15.4 Å². The molecule has 1 amide bonds. The predicted molar refractivity (Wildman–Crippen MR) is 98.7 cm³/mol. The second-order valence-electron chi connectivity index (χ2n) is 7.56. The molecule has 5 nitrogen and oxygen atoms in total. The molecule has 6 heteroatoms. The van der Waals surface area contributed by atoms with E-state index < -0.39 is 0 Å². The highest BCUT2D eigenvalue weighted by Crippen LogP contribution is 2.33. The van der Waals surface area contributed by atoms with Gasteiger partial charge in [-0.05, 0) is 44.7 Å². The number of amides is 1. The van der Waals surface area contributed by atoms with E-state index in [1.807, 2.05) is 0 Å². The molecule has 2 aliphatic heterocycles. The highest BCUT2D eigenvalue weighted by Gasteiger charge is 2.38. The predicted octanol–water partition coefficient (Wildman–Crippen LogP) is 1.95. The molecule has 1 unspecified atom stereocenters. The van der Waals surface area contributed by atoms with Gasteiger partial charge >= 0.3 is 0 Å². The van der Waals surface area contributed by atoms with Crippen molar-refractivity contribution < 1.29 is 9.53 Å². The van der Waals surface area contributed by atoms with E-state index in [0.29, 0.717) is 12.3 Å². The highest BCUT2D eigenvalue weighted by atomic mass is 35.5. The number of hydrogen-bond donors (Lipinski definition) is 2. The normalized spacial score (nSPS) is 27.4. The first-order valence-corrected chi connectivity index (χ1v) is 9.59. The van der Waals surface area contributed by atoms with E-state index in [1.54, 1.807) is 0 Å². The van der Waals surface area contributed by atoms with Crippen LogP contribution in [-0.2, 0) is 9.53 Å². The summed E-state index contributed by atoms with van der Waals surface area (Å²) in [6.07, 6.45) is 9.32. The van der Waals surface area contributed by atoms with E-state index in [1.165, 1.54) is 38.5 Å². The molecule has 0 aromatic carbocycles. The Hall–Kier alpha value is -0.360. The van der Waals surface area contributed by atoms with Crippen molar-refractivity contribution >= 4 is 18.3 Å². The van der Waals surface area contributed by atoms with Crippen LogP contribution in [0, 0.1) is 5.92 Å². The van der Waals surface area contributed by atoms with E-state index in [0.717, 1.165) is 52.4 Å². The Labute approximate surface area is 152 Å². The summed E-state index contributed by atoms with van der Waals surface area (Å²) in [5.74, 6) is 0.943. The van der Waals surface area contributed by atoms with Gasteiger partial charge in [-0.1, -0.05) is 19.3 Å². The van der Waals surface area contributed by atoms with Gasteiger partial charge in [-0.15, -0.1) is 12.4 Å². The fourth-order valence-corrected chi connectivity index (χ4v) is 4.50. The maximum absolute atomic E-state index is 12.3. The summed E-state index contributed by atoms with van der Waals surface area (Å²) in [6, 6.07) is 0. The molecule has 1 atom stereocenters. The fourth-order valence-electron chi connectivity index (χ4n) is 4.50. The van der Waals surface area contributed by atoms with E-state index in [9.17, 15) is 4.79 Å². The van der Waals surface area contributed by atoms with Crippen molar-refractivity contribution in [1.82, 2.24) is 15.5 Å². The number of carbonyl (C=O) groups excluding carboxylic acids is 1. The van der Waals surface area contributed by atoms with Crippen molar-refractivity contribution in [3.63, 3.8) is 0 Å². The minimum absolute atomic E-state index is 0. The largest absolute Gasteiger partial charge is 0.379 e. The molecule has 140 valence electrons. The zero-order valence-corrected chi connectivity index (χ0v) is 15.7. The van der Waals surface area contributed by atoms with Crippen LogP contribution in [0.5, 0.6) is 0 Å². The second kappa shape index (κ2) is 9.95. The summed E-state index contributed by atoms with van der Waals surface area (Å²) < 4.78 is 5.52. The summed E-state index contributed by atoms with van der Waals surface area (Å²) in [7, 11) is 0. The highest BCUT2D eigenvalue weighted by molar-refractivity contribution is 5.85. The lowest BCUT2D eigenvalue weighted by Crippen LogP contribution is -2.59. The van der Waals surface area contributed by atoms with E-state index in [-0.39, 0.29) is 23.9 Å². The maximum atomic E-state index is 12.3. The van der Waals surface area contributed by atoms with Gasteiger partial charge in [-0.3, -0.25) is 9.69 Å². The molecular weight excluding hydrogens is 326 g/mol. The van der Waals surface area contributed by atoms with Crippen LogP contribution in [0.25, 0.3) is 0 Å². The first kappa shape index (κ1) is 20.0. The average Bonchev–Trinajstić information content (AvgIpc) is 3.13. The number of hydrogen-bond acceptors (Lipinski definition) is 4. The van der Waals surface area contributed by atoms with Crippen LogP contribution < -0.4 is 10.6 Å². The Balaban J connectivity index is 0.00000208.